The van der Waals surface area contributed by atoms with E-state index in [0.717, 1.165) is 17.9 Å². The normalized spacial score (nSPS) is 18.9. The van der Waals surface area contributed by atoms with Crippen LogP contribution in [0.4, 0.5) is 4.39 Å². The molecule has 2 nitrogen and oxygen atoms in total. The molecular weight excluding hydrogens is 203 g/mol. The number of hydrazine groups is 1. The van der Waals surface area contributed by atoms with Gasteiger partial charge in [0.2, 0.25) is 0 Å². The van der Waals surface area contributed by atoms with E-state index in [4.69, 9.17) is 5.84 Å². The number of hydrogen-bond acceptors (Lipinski definition) is 2. The number of nitrogens with one attached hydrogen (secondary N) is 1. The third-order valence-corrected chi connectivity index (χ3v) is 3.52. The zero-order valence-electron chi connectivity index (χ0n) is 9.45. The average Bonchev–Trinajstić information content (AvgIpc) is 2.80. The molecule has 0 radical (unpaired) electrons. The van der Waals surface area contributed by atoms with Crippen molar-refractivity contribution >= 4 is 0 Å². The van der Waals surface area contributed by atoms with Crippen molar-refractivity contribution in [3.05, 3.63) is 35.6 Å². The maximum Gasteiger partial charge on any atom is 0.123 e. The molecule has 16 heavy (non-hydrogen) atoms. The molecule has 0 saturated heterocycles. The lowest BCUT2D eigenvalue weighted by Crippen LogP contribution is -2.29. The Kier molecular flexibility index (Phi) is 3.91. The van der Waals surface area contributed by atoms with Crippen molar-refractivity contribution < 1.29 is 4.39 Å². The van der Waals surface area contributed by atoms with Crippen LogP contribution in [0.2, 0.25) is 0 Å². The van der Waals surface area contributed by atoms with Gasteiger partial charge in [0.1, 0.15) is 5.82 Å². The fourth-order valence-electron chi connectivity index (χ4n) is 2.57. The van der Waals surface area contributed by atoms with E-state index in [2.05, 4.69) is 5.43 Å². The third kappa shape index (κ3) is 2.80. The van der Waals surface area contributed by atoms with Crippen LogP contribution in [0.15, 0.2) is 24.3 Å². The van der Waals surface area contributed by atoms with Crippen LogP contribution in [0.1, 0.15) is 43.7 Å². The number of nitrogens with two attached hydrogens (primary N) is 1. The highest BCUT2D eigenvalue weighted by atomic mass is 19.1. The maximum atomic E-state index is 12.8. The summed E-state index contributed by atoms with van der Waals surface area (Å²) in [6, 6.07) is 6.77. The second kappa shape index (κ2) is 5.41. The van der Waals surface area contributed by atoms with Gasteiger partial charge in [-0.25, -0.2) is 4.39 Å². The van der Waals surface area contributed by atoms with Crippen LogP contribution in [-0.4, -0.2) is 0 Å². The second-order valence-electron chi connectivity index (χ2n) is 4.66. The van der Waals surface area contributed by atoms with E-state index in [1.165, 1.54) is 37.8 Å². The van der Waals surface area contributed by atoms with Gasteiger partial charge in [-0.2, -0.15) is 0 Å². The number of benzene rings is 1. The largest absolute Gasteiger partial charge is 0.271 e. The van der Waals surface area contributed by atoms with Gasteiger partial charge in [0.05, 0.1) is 0 Å². The van der Waals surface area contributed by atoms with Gasteiger partial charge in [-0.15, -0.1) is 0 Å². The molecule has 0 aliphatic heterocycles. The highest BCUT2D eigenvalue weighted by Crippen LogP contribution is 2.32. The lowest BCUT2D eigenvalue weighted by Gasteiger charge is -2.20. The fourth-order valence-corrected chi connectivity index (χ4v) is 2.57. The molecule has 0 amide bonds. The van der Waals surface area contributed by atoms with Gasteiger partial charge >= 0.3 is 0 Å². The molecule has 1 aliphatic rings. The van der Waals surface area contributed by atoms with Gasteiger partial charge in [-0.3, -0.25) is 11.3 Å². The molecule has 0 heterocycles. The number of rotatable bonds is 4. The molecular formula is C13H19FN2. The van der Waals surface area contributed by atoms with Gasteiger partial charge in [0, 0.05) is 6.04 Å². The van der Waals surface area contributed by atoms with E-state index < -0.39 is 0 Å². The Morgan fingerprint density at radius 2 is 1.88 bits per heavy atom. The number of hydrogen-bond donors (Lipinski definition) is 2. The predicted octanol–water partition coefficient (Wildman–Crippen LogP) is 2.91. The Morgan fingerprint density at radius 1 is 1.25 bits per heavy atom. The highest BCUT2D eigenvalue weighted by Gasteiger charge is 2.20. The maximum absolute atomic E-state index is 12.8. The summed E-state index contributed by atoms with van der Waals surface area (Å²) in [5.74, 6) is 6.15. The van der Waals surface area contributed by atoms with E-state index >= 15 is 0 Å². The summed E-state index contributed by atoms with van der Waals surface area (Å²) in [6.45, 7) is 0. The molecule has 1 unspecified atom stereocenters. The molecule has 0 aromatic heterocycles. The summed E-state index contributed by atoms with van der Waals surface area (Å²) in [7, 11) is 0. The van der Waals surface area contributed by atoms with Gasteiger partial charge in [0.15, 0.2) is 0 Å². The van der Waals surface area contributed by atoms with Crippen LogP contribution in [0.25, 0.3) is 0 Å². The first-order chi connectivity index (χ1) is 7.79. The smallest absolute Gasteiger partial charge is 0.123 e. The summed E-state index contributed by atoms with van der Waals surface area (Å²) in [5, 5.41) is 0. The van der Waals surface area contributed by atoms with Crippen molar-refractivity contribution in [1.29, 1.82) is 0 Å². The topological polar surface area (TPSA) is 38.0 Å². The molecule has 1 saturated carbocycles. The van der Waals surface area contributed by atoms with E-state index in [0.29, 0.717) is 0 Å². The van der Waals surface area contributed by atoms with Crippen LogP contribution in [-0.2, 0) is 0 Å². The van der Waals surface area contributed by atoms with Crippen LogP contribution >= 0.6 is 0 Å². The summed E-state index contributed by atoms with van der Waals surface area (Å²) >= 11 is 0. The minimum Gasteiger partial charge on any atom is -0.271 e. The average molecular weight is 222 g/mol. The minimum atomic E-state index is -0.194. The van der Waals surface area contributed by atoms with Crippen molar-refractivity contribution in [3.8, 4) is 0 Å². The molecule has 3 heteroatoms. The third-order valence-electron chi connectivity index (χ3n) is 3.52. The van der Waals surface area contributed by atoms with Gasteiger partial charge in [0.25, 0.3) is 0 Å². The molecule has 1 fully saturated rings. The first-order valence-corrected chi connectivity index (χ1v) is 6.01. The molecule has 1 aliphatic carbocycles. The zero-order chi connectivity index (χ0) is 11.4. The lowest BCUT2D eigenvalue weighted by molar-refractivity contribution is 0.400. The van der Waals surface area contributed by atoms with Crippen LogP contribution in [0.3, 0.4) is 0 Å². The minimum absolute atomic E-state index is 0.156. The van der Waals surface area contributed by atoms with E-state index in [-0.39, 0.29) is 11.9 Å². The highest BCUT2D eigenvalue weighted by molar-refractivity contribution is 5.19. The molecule has 1 aromatic carbocycles. The Hall–Kier alpha value is -0.930. The van der Waals surface area contributed by atoms with Crippen LogP contribution in [0, 0.1) is 11.7 Å². The summed E-state index contributed by atoms with van der Waals surface area (Å²) in [4.78, 5) is 0. The molecule has 2 rings (SSSR count). The Bertz CT molecular complexity index is 317. The summed E-state index contributed by atoms with van der Waals surface area (Å²) in [6.07, 6.45) is 6.34. The standard InChI is InChI=1S/C13H19FN2/c14-12-7-5-11(6-8-12)13(16-15)9-10-3-1-2-4-10/h5-8,10,13,16H,1-4,9,15H2. The molecule has 3 N–H and O–H groups in total. The van der Waals surface area contributed by atoms with Crippen LogP contribution < -0.4 is 11.3 Å². The van der Waals surface area contributed by atoms with E-state index in [1.807, 2.05) is 12.1 Å². The first kappa shape index (κ1) is 11.6. The van der Waals surface area contributed by atoms with Crippen molar-refractivity contribution in [2.24, 2.45) is 11.8 Å². The predicted molar refractivity (Wildman–Crippen MR) is 63.0 cm³/mol. The Labute approximate surface area is 96.0 Å². The first-order valence-electron chi connectivity index (χ1n) is 6.01. The van der Waals surface area contributed by atoms with Gasteiger partial charge in [-0.05, 0) is 30.0 Å². The van der Waals surface area contributed by atoms with Crippen molar-refractivity contribution in [2.75, 3.05) is 0 Å². The molecule has 1 aromatic rings. The van der Waals surface area contributed by atoms with Crippen molar-refractivity contribution in [3.63, 3.8) is 0 Å². The van der Waals surface area contributed by atoms with E-state index in [9.17, 15) is 4.39 Å². The second-order valence-corrected chi connectivity index (χ2v) is 4.66. The quantitative estimate of drug-likeness (QED) is 0.607. The molecule has 1 atom stereocenters. The van der Waals surface area contributed by atoms with E-state index in [1.54, 1.807) is 0 Å². The van der Waals surface area contributed by atoms with Crippen molar-refractivity contribution in [2.45, 2.75) is 38.1 Å². The molecule has 0 bridgehead atoms. The molecule has 0 spiro atoms. The van der Waals surface area contributed by atoms with Crippen LogP contribution in [0.5, 0.6) is 0 Å². The van der Waals surface area contributed by atoms with Crippen molar-refractivity contribution in [1.82, 2.24) is 5.43 Å². The molecule has 88 valence electrons. The SMILES string of the molecule is NNC(CC1CCCC1)c1ccc(F)cc1. The van der Waals surface area contributed by atoms with Gasteiger partial charge in [-0.1, -0.05) is 37.8 Å². The fraction of sp³-hybridized carbons (Fsp3) is 0.538. The zero-order valence-corrected chi connectivity index (χ0v) is 9.45. The lowest BCUT2D eigenvalue weighted by atomic mass is 9.94. The summed E-state index contributed by atoms with van der Waals surface area (Å²) in [5.41, 5.74) is 3.92. The monoisotopic (exact) mass is 222 g/mol. The Balaban J connectivity index is 2.00. The van der Waals surface area contributed by atoms with Gasteiger partial charge < -0.3 is 0 Å². The number of halogens is 1. The Morgan fingerprint density at radius 3 is 2.44 bits per heavy atom. The summed E-state index contributed by atoms with van der Waals surface area (Å²) < 4.78 is 12.8.